The van der Waals surface area contributed by atoms with Gasteiger partial charge in [0.15, 0.2) is 5.78 Å². The molecule has 1 unspecified atom stereocenters. The molecule has 0 saturated carbocycles. The quantitative estimate of drug-likeness (QED) is 0.335. The minimum atomic E-state index is -0.0742. The van der Waals surface area contributed by atoms with Gasteiger partial charge in [-0.15, -0.1) is 0 Å². The van der Waals surface area contributed by atoms with E-state index in [1.54, 1.807) is 6.20 Å². The van der Waals surface area contributed by atoms with Gasteiger partial charge >= 0.3 is 0 Å². The van der Waals surface area contributed by atoms with Gasteiger partial charge in [0.05, 0.1) is 6.04 Å². The number of benzene rings is 3. The highest BCUT2D eigenvalue weighted by Gasteiger charge is 2.30. The minimum Gasteiger partial charge on any atom is -0.360 e. The van der Waals surface area contributed by atoms with Crippen LogP contribution in [-0.4, -0.2) is 16.7 Å². The van der Waals surface area contributed by atoms with E-state index in [0.29, 0.717) is 29.9 Å². The Labute approximate surface area is 200 Å². The Balaban J connectivity index is 1.44. The zero-order chi connectivity index (χ0) is 23.8. The Morgan fingerprint density at radius 1 is 0.971 bits per heavy atom. The van der Waals surface area contributed by atoms with Crippen LogP contribution in [-0.2, 0) is 17.6 Å². The van der Waals surface area contributed by atoms with Gasteiger partial charge in [-0.3, -0.25) is 9.59 Å². The summed E-state index contributed by atoms with van der Waals surface area (Å²) in [5.74, 6) is 0.736. The molecule has 1 aromatic heterocycles. The first-order chi connectivity index (χ1) is 16.4. The van der Waals surface area contributed by atoms with Crippen molar-refractivity contribution in [3.05, 3.63) is 101 Å². The van der Waals surface area contributed by atoms with Crippen LogP contribution in [0.15, 0.2) is 72.9 Å². The SMILES string of the molecule is CC(C)Cc1ccc(C(C)N2C(=O)CCc3cc(C(=O)c4c[nH]c5ccccc45)ccc32)cc1. The molecule has 4 nitrogen and oxygen atoms in total. The predicted octanol–water partition coefficient (Wildman–Crippen LogP) is 6.64. The van der Waals surface area contributed by atoms with Crippen molar-refractivity contribution in [3.63, 3.8) is 0 Å². The van der Waals surface area contributed by atoms with E-state index in [4.69, 9.17) is 0 Å². The van der Waals surface area contributed by atoms with Gasteiger partial charge in [0, 0.05) is 40.3 Å². The number of ketones is 1. The lowest BCUT2D eigenvalue weighted by Gasteiger charge is -2.35. The van der Waals surface area contributed by atoms with E-state index in [9.17, 15) is 9.59 Å². The molecular weight excluding hydrogens is 420 g/mol. The average Bonchev–Trinajstić information content (AvgIpc) is 3.27. The molecule has 4 aromatic rings. The van der Waals surface area contributed by atoms with E-state index < -0.39 is 0 Å². The number of fused-ring (bicyclic) bond motifs is 2. The molecule has 0 spiro atoms. The van der Waals surface area contributed by atoms with Gasteiger partial charge in [0.2, 0.25) is 5.91 Å². The number of nitrogens with zero attached hydrogens (tertiary/aromatic N) is 1. The Morgan fingerprint density at radius 3 is 2.50 bits per heavy atom. The van der Waals surface area contributed by atoms with Crippen molar-refractivity contribution >= 4 is 28.3 Å². The lowest BCUT2D eigenvalue weighted by molar-refractivity contribution is -0.119. The Kier molecular flexibility index (Phi) is 5.82. The minimum absolute atomic E-state index is 0.00232. The number of rotatable bonds is 6. The second-order valence-corrected chi connectivity index (χ2v) is 9.70. The summed E-state index contributed by atoms with van der Waals surface area (Å²) in [6.07, 6.45) is 3.94. The molecule has 0 fully saturated rings. The third-order valence-corrected chi connectivity index (χ3v) is 6.81. The van der Waals surface area contributed by atoms with Crippen molar-refractivity contribution in [2.24, 2.45) is 5.92 Å². The standard InChI is InChI=1S/C30H30N2O2/c1-19(2)16-21-8-10-22(11-9-21)20(3)32-28-14-12-24(17-23(28)13-15-29(32)33)30(34)26-18-31-27-7-5-4-6-25(26)27/h4-12,14,17-20,31H,13,15-16H2,1-3H3. The van der Waals surface area contributed by atoms with Crippen LogP contribution in [0, 0.1) is 5.92 Å². The number of anilines is 1. The highest BCUT2D eigenvalue weighted by atomic mass is 16.2. The van der Waals surface area contributed by atoms with Crippen LogP contribution < -0.4 is 4.90 Å². The molecule has 1 aliphatic heterocycles. The monoisotopic (exact) mass is 450 g/mol. The van der Waals surface area contributed by atoms with Gasteiger partial charge in [0.25, 0.3) is 0 Å². The number of para-hydroxylation sites is 1. The molecule has 0 aliphatic carbocycles. The molecule has 2 heterocycles. The molecule has 1 atom stereocenters. The summed E-state index contributed by atoms with van der Waals surface area (Å²) in [5, 5.41) is 0.927. The summed E-state index contributed by atoms with van der Waals surface area (Å²) >= 11 is 0. The van der Waals surface area contributed by atoms with Crippen LogP contribution in [0.2, 0.25) is 0 Å². The summed E-state index contributed by atoms with van der Waals surface area (Å²) in [6.45, 7) is 6.52. The number of carbonyl (C=O) groups excluding carboxylic acids is 2. The third kappa shape index (κ3) is 4.05. The normalized spacial score (nSPS) is 14.5. The molecule has 1 amide bonds. The van der Waals surface area contributed by atoms with E-state index in [1.807, 2.05) is 47.4 Å². The second-order valence-electron chi connectivity index (χ2n) is 9.70. The molecule has 1 aliphatic rings. The lowest BCUT2D eigenvalue weighted by atomic mass is 9.93. The van der Waals surface area contributed by atoms with Crippen LogP contribution in [0.4, 0.5) is 5.69 Å². The van der Waals surface area contributed by atoms with Crippen molar-refractivity contribution in [2.45, 2.75) is 46.1 Å². The van der Waals surface area contributed by atoms with Gasteiger partial charge in [-0.1, -0.05) is 56.3 Å². The van der Waals surface area contributed by atoms with Crippen molar-refractivity contribution in [1.82, 2.24) is 4.98 Å². The van der Waals surface area contributed by atoms with Crippen LogP contribution >= 0.6 is 0 Å². The first-order valence-corrected chi connectivity index (χ1v) is 12.1. The number of hydrogen-bond donors (Lipinski definition) is 1. The molecular formula is C30H30N2O2. The fourth-order valence-electron chi connectivity index (χ4n) is 5.05. The molecule has 0 bridgehead atoms. The summed E-state index contributed by atoms with van der Waals surface area (Å²) in [5.41, 5.74) is 6.68. The second kappa shape index (κ2) is 8.94. The maximum atomic E-state index is 13.3. The average molecular weight is 451 g/mol. The zero-order valence-electron chi connectivity index (χ0n) is 20.0. The van der Waals surface area contributed by atoms with E-state index in [-0.39, 0.29) is 17.7 Å². The largest absolute Gasteiger partial charge is 0.360 e. The number of aromatic nitrogens is 1. The highest BCUT2D eigenvalue weighted by molar-refractivity contribution is 6.16. The maximum absolute atomic E-state index is 13.3. The number of aryl methyl sites for hydroxylation is 1. The number of aromatic amines is 1. The van der Waals surface area contributed by atoms with Crippen LogP contribution in [0.1, 0.15) is 65.8 Å². The van der Waals surface area contributed by atoms with Gasteiger partial charge in [-0.25, -0.2) is 0 Å². The highest BCUT2D eigenvalue weighted by Crippen LogP contribution is 2.36. The lowest BCUT2D eigenvalue weighted by Crippen LogP contribution is -2.37. The summed E-state index contributed by atoms with van der Waals surface area (Å²) in [6, 6.07) is 22.1. The van der Waals surface area contributed by atoms with Crippen LogP contribution in [0.25, 0.3) is 10.9 Å². The third-order valence-electron chi connectivity index (χ3n) is 6.81. The zero-order valence-corrected chi connectivity index (χ0v) is 20.0. The van der Waals surface area contributed by atoms with E-state index >= 15 is 0 Å². The fourth-order valence-corrected chi connectivity index (χ4v) is 5.05. The summed E-state index contributed by atoms with van der Waals surface area (Å²) in [4.78, 5) is 31.4. The van der Waals surface area contributed by atoms with Gasteiger partial charge in [-0.2, -0.15) is 0 Å². The van der Waals surface area contributed by atoms with Crippen LogP contribution in [0.3, 0.4) is 0 Å². The predicted molar refractivity (Wildman–Crippen MR) is 137 cm³/mol. The fraction of sp³-hybridized carbons (Fsp3) is 0.267. The van der Waals surface area contributed by atoms with Gasteiger partial charge in [-0.05, 0) is 66.6 Å². The maximum Gasteiger partial charge on any atom is 0.227 e. The van der Waals surface area contributed by atoms with Gasteiger partial charge in [0.1, 0.15) is 0 Å². The molecule has 172 valence electrons. The van der Waals surface area contributed by atoms with Crippen molar-refractivity contribution in [1.29, 1.82) is 0 Å². The molecule has 34 heavy (non-hydrogen) atoms. The van der Waals surface area contributed by atoms with E-state index in [1.165, 1.54) is 5.56 Å². The summed E-state index contributed by atoms with van der Waals surface area (Å²) < 4.78 is 0. The topological polar surface area (TPSA) is 53.2 Å². The van der Waals surface area contributed by atoms with Crippen molar-refractivity contribution in [2.75, 3.05) is 4.90 Å². The number of H-pyrrole nitrogens is 1. The van der Waals surface area contributed by atoms with Crippen molar-refractivity contribution < 1.29 is 9.59 Å². The molecule has 0 radical (unpaired) electrons. The first kappa shape index (κ1) is 22.1. The molecule has 5 rings (SSSR count). The molecule has 4 heteroatoms. The smallest absolute Gasteiger partial charge is 0.227 e. The number of nitrogens with one attached hydrogen (secondary N) is 1. The number of amides is 1. The van der Waals surface area contributed by atoms with E-state index in [0.717, 1.165) is 34.1 Å². The van der Waals surface area contributed by atoms with Crippen LogP contribution in [0.5, 0.6) is 0 Å². The first-order valence-electron chi connectivity index (χ1n) is 12.1. The van der Waals surface area contributed by atoms with E-state index in [2.05, 4.69) is 50.0 Å². The molecule has 3 aromatic carbocycles. The molecule has 0 saturated heterocycles. The Bertz CT molecular complexity index is 1360. The summed E-state index contributed by atoms with van der Waals surface area (Å²) in [7, 11) is 0. The number of carbonyl (C=O) groups is 2. The Hall–Kier alpha value is -3.66. The Morgan fingerprint density at radius 2 is 1.74 bits per heavy atom. The molecule has 1 N–H and O–H groups in total. The van der Waals surface area contributed by atoms with Gasteiger partial charge < -0.3 is 9.88 Å². The number of hydrogen-bond acceptors (Lipinski definition) is 2. The van der Waals surface area contributed by atoms with Crippen molar-refractivity contribution in [3.8, 4) is 0 Å².